The van der Waals surface area contributed by atoms with E-state index in [2.05, 4.69) is 20.6 Å². The van der Waals surface area contributed by atoms with E-state index in [1.165, 1.54) is 23.5 Å². The molecule has 6 rings (SSSR count). The molecule has 1 aromatic carbocycles. The highest BCUT2D eigenvalue weighted by Gasteiger charge is 2.24. The standard InChI is InChI=1S/C27H26FN5O3S/c28-19-12-18(32-27(35)31-17-4-5-17)6-8-22(19)36-23-9-10-29-21-13-24(37-26(21)23)20-7-3-16(14-30-20)15-33-11-1-2-25(33)34/h3,6-10,12-14,17,25,34H,1-2,4-5,11,15H2,(H2,31,32,35). The van der Waals surface area contributed by atoms with Gasteiger partial charge in [0.15, 0.2) is 11.6 Å². The first kappa shape index (κ1) is 23.8. The monoisotopic (exact) mass is 519 g/mol. The summed E-state index contributed by atoms with van der Waals surface area (Å²) >= 11 is 1.48. The van der Waals surface area contributed by atoms with Crippen molar-refractivity contribution >= 4 is 33.3 Å². The third-order valence-corrected chi connectivity index (χ3v) is 7.65. The molecule has 0 spiro atoms. The third kappa shape index (κ3) is 5.41. The van der Waals surface area contributed by atoms with Crippen molar-refractivity contribution in [2.24, 2.45) is 0 Å². The molecule has 2 aliphatic rings. The van der Waals surface area contributed by atoms with Crippen molar-refractivity contribution in [1.82, 2.24) is 20.2 Å². The van der Waals surface area contributed by atoms with Crippen molar-refractivity contribution in [2.75, 3.05) is 11.9 Å². The maximum atomic E-state index is 14.8. The fourth-order valence-electron chi connectivity index (χ4n) is 4.37. The van der Waals surface area contributed by atoms with Crippen molar-refractivity contribution in [3.05, 3.63) is 66.2 Å². The summed E-state index contributed by atoms with van der Waals surface area (Å²) in [7, 11) is 0. The summed E-state index contributed by atoms with van der Waals surface area (Å²) in [5, 5.41) is 15.5. The van der Waals surface area contributed by atoms with Crippen LogP contribution < -0.4 is 15.4 Å². The first-order chi connectivity index (χ1) is 18.0. The van der Waals surface area contributed by atoms with Crippen LogP contribution in [0, 0.1) is 5.82 Å². The number of aliphatic hydroxyl groups excluding tert-OH is 1. The molecular formula is C27H26FN5O3S. The zero-order chi connectivity index (χ0) is 25.4. The molecular weight excluding hydrogens is 493 g/mol. The second kappa shape index (κ2) is 10.0. The predicted octanol–water partition coefficient (Wildman–Crippen LogP) is 5.49. The maximum Gasteiger partial charge on any atom is 0.319 e. The van der Waals surface area contributed by atoms with Crippen LogP contribution in [0.25, 0.3) is 20.8 Å². The molecule has 4 heterocycles. The highest BCUT2D eigenvalue weighted by Crippen LogP contribution is 2.39. The van der Waals surface area contributed by atoms with Crippen molar-refractivity contribution in [3.8, 4) is 22.1 Å². The average molecular weight is 520 g/mol. The number of anilines is 1. The van der Waals surface area contributed by atoms with E-state index in [-0.39, 0.29) is 24.1 Å². The quantitative estimate of drug-likeness (QED) is 0.299. The number of amides is 2. The Balaban J connectivity index is 1.18. The summed E-state index contributed by atoms with van der Waals surface area (Å²) in [6.45, 7) is 1.56. The molecule has 1 saturated heterocycles. The second-order valence-corrected chi connectivity index (χ2v) is 10.5. The largest absolute Gasteiger partial charge is 0.453 e. The molecule has 1 aliphatic carbocycles. The number of nitrogens with zero attached hydrogens (tertiary/aromatic N) is 3. The van der Waals surface area contributed by atoms with Crippen LogP contribution in [0.4, 0.5) is 14.9 Å². The Morgan fingerprint density at radius 3 is 2.76 bits per heavy atom. The smallest absolute Gasteiger partial charge is 0.319 e. The number of benzene rings is 1. The Hall–Kier alpha value is -3.60. The number of rotatable bonds is 7. The zero-order valence-electron chi connectivity index (χ0n) is 20.0. The number of ether oxygens (including phenoxy) is 1. The normalized spacial score (nSPS) is 17.7. The van der Waals surface area contributed by atoms with Crippen LogP contribution in [0.3, 0.4) is 0 Å². The predicted molar refractivity (Wildman–Crippen MR) is 140 cm³/mol. The van der Waals surface area contributed by atoms with Gasteiger partial charge >= 0.3 is 6.03 Å². The lowest BCUT2D eigenvalue weighted by atomic mass is 10.2. The number of pyridine rings is 2. The summed E-state index contributed by atoms with van der Waals surface area (Å²) in [6.07, 6.45) is 6.86. The minimum atomic E-state index is -0.577. The SMILES string of the molecule is O=C(Nc1ccc(Oc2ccnc3cc(-c4ccc(CN5CCCC5O)cn4)sc23)c(F)c1)NC1CC1. The molecule has 8 nitrogen and oxygen atoms in total. The highest BCUT2D eigenvalue weighted by atomic mass is 32.1. The number of halogens is 1. The number of hydrogen-bond donors (Lipinski definition) is 3. The van der Waals surface area contributed by atoms with E-state index < -0.39 is 5.82 Å². The number of aliphatic hydroxyl groups is 1. The molecule has 37 heavy (non-hydrogen) atoms. The topological polar surface area (TPSA) is 99.6 Å². The number of carbonyl (C=O) groups excluding carboxylic acids is 1. The first-order valence-corrected chi connectivity index (χ1v) is 13.1. The minimum Gasteiger partial charge on any atom is -0.453 e. The van der Waals surface area contributed by atoms with Crippen LogP contribution in [0.1, 0.15) is 31.2 Å². The van der Waals surface area contributed by atoms with Crippen molar-refractivity contribution < 1.29 is 19.0 Å². The van der Waals surface area contributed by atoms with Gasteiger partial charge in [-0.2, -0.15) is 0 Å². The van der Waals surface area contributed by atoms with Crippen molar-refractivity contribution in [1.29, 1.82) is 0 Å². The van der Waals surface area contributed by atoms with Gasteiger partial charge in [-0.3, -0.25) is 14.9 Å². The fraction of sp³-hybridized carbons (Fsp3) is 0.296. The fourth-order valence-corrected chi connectivity index (χ4v) is 5.42. The van der Waals surface area contributed by atoms with Crippen LogP contribution in [-0.2, 0) is 6.54 Å². The molecule has 1 unspecified atom stereocenters. The lowest BCUT2D eigenvalue weighted by molar-refractivity contribution is 0.0328. The summed E-state index contributed by atoms with van der Waals surface area (Å²) in [6, 6.07) is 11.9. The molecule has 1 saturated carbocycles. The highest BCUT2D eigenvalue weighted by molar-refractivity contribution is 7.22. The van der Waals surface area contributed by atoms with Crippen LogP contribution in [0.2, 0.25) is 0 Å². The lowest BCUT2D eigenvalue weighted by Gasteiger charge is -2.19. The Labute approximate surface area is 217 Å². The van der Waals surface area contributed by atoms with E-state index >= 15 is 0 Å². The van der Waals surface area contributed by atoms with E-state index in [1.54, 1.807) is 18.3 Å². The van der Waals surface area contributed by atoms with Gasteiger partial charge in [-0.15, -0.1) is 11.3 Å². The second-order valence-electron chi connectivity index (χ2n) is 9.40. The number of nitrogens with one attached hydrogen (secondary N) is 2. The summed E-state index contributed by atoms with van der Waals surface area (Å²) in [4.78, 5) is 24.0. The van der Waals surface area contributed by atoms with Gasteiger partial charge in [0.25, 0.3) is 0 Å². The average Bonchev–Trinajstić information content (AvgIpc) is 3.43. The van der Waals surface area contributed by atoms with Gasteiger partial charge in [0.05, 0.1) is 20.8 Å². The molecule has 3 aromatic heterocycles. The van der Waals surface area contributed by atoms with Crippen LogP contribution in [0.5, 0.6) is 11.5 Å². The van der Waals surface area contributed by atoms with Gasteiger partial charge in [0, 0.05) is 49.3 Å². The number of urea groups is 1. The number of thiophene rings is 1. The molecule has 3 N–H and O–H groups in total. The Morgan fingerprint density at radius 1 is 1.14 bits per heavy atom. The van der Waals surface area contributed by atoms with E-state index in [1.807, 2.05) is 29.3 Å². The molecule has 1 atom stereocenters. The van der Waals surface area contributed by atoms with Crippen LogP contribution in [0.15, 0.2) is 54.9 Å². The minimum absolute atomic E-state index is 0.0576. The molecule has 1 aliphatic heterocycles. The number of hydrogen-bond acceptors (Lipinski definition) is 7. The molecule has 2 fully saturated rings. The molecule has 2 amide bonds. The van der Waals surface area contributed by atoms with Gasteiger partial charge < -0.3 is 20.5 Å². The van der Waals surface area contributed by atoms with E-state index in [4.69, 9.17) is 4.74 Å². The van der Waals surface area contributed by atoms with E-state index in [0.717, 1.165) is 58.6 Å². The zero-order valence-corrected chi connectivity index (χ0v) is 20.8. The Bertz CT molecular complexity index is 1440. The van der Waals surface area contributed by atoms with Gasteiger partial charge in [0.2, 0.25) is 0 Å². The molecule has 190 valence electrons. The van der Waals surface area contributed by atoms with E-state index in [9.17, 15) is 14.3 Å². The third-order valence-electron chi connectivity index (χ3n) is 6.49. The lowest BCUT2D eigenvalue weighted by Crippen LogP contribution is -2.30. The molecule has 4 aromatic rings. The Morgan fingerprint density at radius 2 is 2.03 bits per heavy atom. The number of fused-ring (bicyclic) bond motifs is 1. The van der Waals surface area contributed by atoms with E-state index in [0.29, 0.717) is 18.0 Å². The van der Waals surface area contributed by atoms with Crippen LogP contribution in [-0.4, -0.2) is 44.8 Å². The summed E-state index contributed by atoms with van der Waals surface area (Å²) in [5.41, 5.74) is 2.95. The number of likely N-dealkylation sites (tertiary alicyclic amines) is 1. The number of aromatic nitrogens is 2. The number of carbonyl (C=O) groups is 1. The van der Waals surface area contributed by atoms with Crippen LogP contribution >= 0.6 is 11.3 Å². The van der Waals surface area contributed by atoms with Crippen molar-refractivity contribution in [2.45, 2.75) is 44.5 Å². The molecule has 0 radical (unpaired) electrons. The van der Waals surface area contributed by atoms with Crippen molar-refractivity contribution in [3.63, 3.8) is 0 Å². The Kier molecular flexibility index (Phi) is 6.45. The van der Waals surface area contributed by atoms with Gasteiger partial charge in [-0.25, -0.2) is 9.18 Å². The maximum absolute atomic E-state index is 14.8. The molecule has 0 bridgehead atoms. The summed E-state index contributed by atoms with van der Waals surface area (Å²) < 4.78 is 21.5. The van der Waals surface area contributed by atoms with Gasteiger partial charge in [0.1, 0.15) is 12.0 Å². The summed E-state index contributed by atoms with van der Waals surface area (Å²) in [5.74, 6) is -0.0273. The first-order valence-electron chi connectivity index (χ1n) is 12.3. The van der Waals surface area contributed by atoms with Gasteiger partial charge in [-0.05, 0) is 55.5 Å². The molecule has 10 heteroatoms. The van der Waals surface area contributed by atoms with Gasteiger partial charge in [-0.1, -0.05) is 6.07 Å².